The zero-order chi connectivity index (χ0) is 17.4. The zero-order valence-corrected chi connectivity index (χ0v) is 16.7. The molecule has 0 radical (unpaired) electrons. The molecule has 0 aliphatic carbocycles. The number of aliphatic hydroxyl groups is 3. The second kappa shape index (κ2) is 8.41. The van der Waals surface area contributed by atoms with Crippen LogP contribution in [-0.4, -0.2) is 51.8 Å². The van der Waals surface area contributed by atoms with Gasteiger partial charge in [-0.2, -0.15) is 12.6 Å². The van der Waals surface area contributed by atoms with Crippen LogP contribution < -0.4 is 39.9 Å². The maximum atomic E-state index is 11.5. The Kier molecular flexibility index (Phi) is 6.97. The van der Waals surface area contributed by atoms with Crippen molar-refractivity contribution in [3.05, 3.63) is 40.2 Å². The molecular formula is C16H19NaO7S. The van der Waals surface area contributed by atoms with Crippen LogP contribution in [-0.2, 0) is 4.74 Å². The van der Waals surface area contributed by atoms with Crippen molar-refractivity contribution in [2.75, 3.05) is 6.61 Å². The molecule has 1 aromatic carbocycles. The first-order valence-corrected chi connectivity index (χ1v) is 7.94. The summed E-state index contributed by atoms with van der Waals surface area (Å²) in [7, 11) is 0. The van der Waals surface area contributed by atoms with E-state index < -0.39 is 42.1 Å². The van der Waals surface area contributed by atoms with Crippen LogP contribution in [0.15, 0.2) is 33.5 Å². The molecule has 0 amide bonds. The Bertz CT molecular complexity index is 800. The first-order valence-electron chi connectivity index (χ1n) is 7.42. The fourth-order valence-corrected chi connectivity index (χ4v) is 2.98. The van der Waals surface area contributed by atoms with Crippen LogP contribution in [0.1, 0.15) is 6.99 Å². The molecule has 1 aliphatic heterocycles. The molecule has 7 nitrogen and oxygen atoms in total. The Hall–Kier alpha value is -0.580. The third-order valence-corrected chi connectivity index (χ3v) is 4.57. The summed E-state index contributed by atoms with van der Waals surface area (Å²) in [4.78, 5) is 11.5. The third kappa shape index (κ3) is 4.23. The number of fused-ring (bicyclic) bond motifs is 1. The van der Waals surface area contributed by atoms with E-state index in [2.05, 4.69) is 12.6 Å². The number of hydrogen-bond donors (Lipinski definition) is 4. The van der Waals surface area contributed by atoms with Crippen LogP contribution in [0.4, 0.5) is 0 Å². The second-order valence-electron chi connectivity index (χ2n) is 5.72. The second-order valence-corrected chi connectivity index (χ2v) is 6.32. The Morgan fingerprint density at radius 3 is 2.68 bits per heavy atom. The molecule has 1 fully saturated rings. The number of thiol groups is 1. The number of rotatable bonds is 3. The van der Waals surface area contributed by atoms with Crippen molar-refractivity contribution in [2.45, 2.75) is 36.8 Å². The number of hydrogen-bond acceptors (Lipinski definition) is 8. The minimum absolute atomic E-state index is 0. The Morgan fingerprint density at radius 2 is 2.00 bits per heavy atom. The normalized spacial score (nSPS) is 29.2. The average molecular weight is 378 g/mol. The van der Waals surface area contributed by atoms with E-state index in [1.165, 1.54) is 6.07 Å². The summed E-state index contributed by atoms with van der Waals surface area (Å²) in [6.45, 7) is 1.34. The van der Waals surface area contributed by atoms with E-state index in [1.807, 2.05) is 0 Å². The van der Waals surface area contributed by atoms with Crippen molar-refractivity contribution in [3.8, 4) is 5.75 Å². The van der Waals surface area contributed by atoms with Gasteiger partial charge in [-0.3, -0.25) is 0 Å². The van der Waals surface area contributed by atoms with Gasteiger partial charge in [-0.25, -0.2) is 4.79 Å². The molecule has 0 saturated carbocycles. The predicted octanol–water partition coefficient (Wildman–Crippen LogP) is -2.67. The van der Waals surface area contributed by atoms with Crippen molar-refractivity contribution in [2.24, 2.45) is 0 Å². The number of ether oxygens (including phenoxy) is 2. The van der Waals surface area contributed by atoms with E-state index in [0.29, 0.717) is 11.3 Å². The van der Waals surface area contributed by atoms with Gasteiger partial charge < -0.3 is 30.6 Å². The predicted molar refractivity (Wildman–Crippen MR) is 89.5 cm³/mol. The van der Waals surface area contributed by atoms with E-state index >= 15 is 0 Å². The van der Waals surface area contributed by atoms with E-state index in [1.54, 1.807) is 25.1 Å². The molecule has 0 spiro atoms. The van der Waals surface area contributed by atoms with Gasteiger partial charge in [-0.05, 0) is 24.6 Å². The molecule has 1 aliphatic rings. The largest absolute Gasteiger partial charge is 1.00 e. The van der Waals surface area contributed by atoms with E-state index in [9.17, 15) is 20.1 Å². The van der Waals surface area contributed by atoms with Crippen LogP contribution in [0.2, 0.25) is 0 Å². The first kappa shape index (κ1) is 20.7. The molecule has 3 N–H and O–H groups in total. The SMILES string of the molecule is Cc1cc(=O)oc2cc(O[C@H]3O[C@H](CO)[C@@H](O)[C@H](O)[C@H]3S)ccc12.[H-].[Na+]. The summed E-state index contributed by atoms with van der Waals surface area (Å²) < 4.78 is 16.3. The van der Waals surface area contributed by atoms with Gasteiger partial charge in [0.1, 0.15) is 29.6 Å². The van der Waals surface area contributed by atoms with Crippen LogP contribution in [0, 0.1) is 6.92 Å². The van der Waals surface area contributed by atoms with E-state index in [4.69, 9.17) is 13.9 Å². The van der Waals surface area contributed by atoms with E-state index in [-0.39, 0.29) is 31.0 Å². The zero-order valence-electron chi connectivity index (χ0n) is 14.8. The van der Waals surface area contributed by atoms with Gasteiger partial charge in [0, 0.05) is 17.5 Å². The molecule has 5 atom stereocenters. The molecule has 1 aromatic heterocycles. The van der Waals surface area contributed by atoms with Gasteiger partial charge in [0.2, 0.25) is 6.29 Å². The Morgan fingerprint density at radius 1 is 1.28 bits per heavy atom. The molecule has 1 saturated heterocycles. The smallest absolute Gasteiger partial charge is 1.00 e. The molecule has 2 aromatic rings. The van der Waals surface area contributed by atoms with Crippen molar-refractivity contribution >= 4 is 23.6 Å². The molecule has 9 heteroatoms. The van der Waals surface area contributed by atoms with Gasteiger partial charge >= 0.3 is 35.2 Å². The Labute approximate surface area is 172 Å². The molecule has 2 heterocycles. The fraction of sp³-hybridized carbons (Fsp3) is 0.438. The monoisotopic (exact) mass is 378 g/mol. The Balaban J connectivity index is 0.00000169. The van der Waals surface area contributed by atoms with Gasteiger partial charge in [0.25, 0.3) is 0 Å². The summed E-state index contributed by atoms with van der Waals surface area (Å²) in [5.41, 5.74) is 0.688. The maximum absolute atomic E-state index is 11.5. The summed E-state index contributed by atoms with van der Waals surface area (Å²) in [5, 5.41) is 29.0. The van der Waals surface area contributed by atoms with Crippen LogP contribution in [0.3, 0.4) is 0 Å². The van der Waals surface area contributed by atoms with Crippen LogP contribution in [0.5, 0.6) is 5.75 Å². The van der Waals surface area contributed by atoms with Crippen molar-refractivity contribution in [3.63, 3.8) is 0 Å². The maximum Gasteiger partial charge on any atom is 1.00 e. The molecule has 0 unspecified atom stereocenters. The van der Waals surface area contributed by atoms with E-state index in [0.717, 1.165) is 10.9 Å². The molecule has 132 valence electrons. The molecule has 3 rings (SSSR count). The molecular weight excluding hydrogens is 359 g/mol. The van der Waals surface area contributed by atoms with Gasteiger partial charge in [0.15, 0.2) is 0 Å². The van der Waals surface area contributed by atoms with Crippen molar-refractivity contribution < 1.29 is 60.2 Å². The summed E-state index contributed by atoms with van der Waals surface area (Å²) in [6.07, 6.45) is -4.44. The van der Waals surface area contributed by atoms with Gasteiger partial charge in [-0.15, -0.1) is 0 Å². The summed E-state index contributed by atoms with van der Waals surface area (Å²) in [5.74, 6) is 0.348. The standard InChI is InChI=1S/C16H18O7S.Na.H/c1-7-4-12(18)22-10-5-8(2-3-9(7)10)21-16-15(24)14(20)13(19)11(6-17)23-16;;/h2-5,11,13-17,19-20,24H,6H2,1H3;;/q;+1;-1/t11-,13-,14+,15-,16+;;/m1../s1. The van der Waals surface area contributed by atoms with Crippen molar-refractivity contribution in [1.29, 1.82) is 0 Å². The molecule has 0 bridgehead atoms. The topological polar surface area (TPSA) is 109 Å². The minimum Gasteiger partial charge on any atom is -1.00 e. The fourth-order valence-electron chi connectivity index (χ4n) is 2.68. The quantitative estimate of drug-likeness (QED) is 0.262. The third-order valence-electron chi connectivity index (χ3n) is 4.02. The number of aryl methyl sites for hydroxylation is 1. The first-order chi connectivity index (χ1) is 11.4. The van der Waals surface area contributed by atoms with Crippen LogP contribution >= 0.6 is 12.6 Å². The molecule has 25 heavy (non-hydrogen) atoms. The number of aliphatic hydroxyl groups excluding tert-OH is 3. The average Bonchev–Trinajstić information content (AvgIpc) is 2.55. The summed E-state index contributed by atoms with van der Waals surface area (Å²) in [6, 6.07) is 6.36. The van der Waals surface area contributed by atoms with Gasteiger partial charge in [0.05, 0.1) is 11.9 Å². The minimum atomic E-state index is -1.25. The number of benzene rings is 1. The van der Waals surface area contributed by atoms with Crippen LogP contribution in [0.25, 0.3) is 11.0 Å². The summed E-state index contributed by atoms with van der Waals surface area (Å²) >= 11 is 4.21. The van der Waals surface area contributed by atoms with Gasteiger partial charge in [-0.1, -0.05) is 0 Å². The van der Waals surface area contributed by atoms with Crippen molar-refractivity contribution in [1.82, 2.24) is 0 Å².